The highest BCUT2D eigenvalue weighted by molar-refractivity contribution is 7.89. The Bertz CT molecular complexity index is 543. The van der Waals surface area contributed by atoms with E-state index in [4.69, 9.17) is 9.88 Å². The molecule has 0 aromatic heterocycles. The van der Waals surface area contributed by atoms with Gasteiger partial charge in [0, 0.05) is 0 Å². The average Bonchev–Trinajstić information content (AvgIpc) is 2.19. The van der Waals surface area contributed by atoms with Crippen LogP contribution >= 0.6 is 0 Å². The molecular formula is C10H10FNO3S. The van der Waals surface area contributed by atoms with Crippen molar-refractivity contribution in [2.45, 2.75) is 11.8 Å². The number of rotatable bonds is 3. The molecule has 0 saturated carbocycles. The van der Waals surface area contributed by atoms with Crippen LogP contribution in [0.4, 0.5) is 4.39 Å². The number of sulfonamides is 1. The highest BCUT2D eigenvalue weighted by atomic mass is 32.2. The summed E-state index contributed by atoms with van der Waals surface area (Å²) in [6.45, 7) is 1.64. The molecule has 1 rings (SSSR count). The number of ether oxygens (including phenoxy) is 1. The molecule has 4 nitrogen and oxygen atoms in total. The zero-order valence-electron chi connectivity index (χ0n) is 8.53. The van der Waals surface area contributed by atoms with Crippen molar-refractivity contribution in [3.63, 3.8) is 0 Å². The lowest BCUT2D eigenvalue weighted by Crippen LogP contribution is -2.14. The summed E-state index contributed by atoms with van der Waals surface area (Å²) < 4.78 is 40.2. The Morgan fingerprint density at radius 2 is 2.19 bits per heavy atom. The molecule has 1 aromatic carbocycles. The molecule has 0 fully saturated rings. The molecule has 2 N–H and O–H groups in total. The normalized spacial score (nSPS) is 10.4. The number of hydrogen-bond donors (Lipinski definition) is 1. The van der Waals surface area contributed by atoms with Gasteiger partial charge in [-0.25, -0.2) is 17.9 Å². The molecule has 0 aliphatic heterocycles. The Labute approximate surface area is 93.3 Å². The lowest BCUT2D eigenvalue weighted by atomic mass is 10.3. The Kier molecular flexibility index (Phi) is 3.88. The van der Waals surface area contributed by atoms with Gasteiger partial charge in [0.2, 0.25) is 10.0 Å². The third-order valence-electron chi connectivity index (χ3n) is 1.69. The Morgan fingerprint density at radius 1 is 1.50 bits per heavy atom. The minimum atomic E-state index is -4.01. The van der Waals surface area contributed by atoms with Crippen molar-refractivity contribution in [1.29, 1.82) is 0 Å². The van der Waals surface area contributed by atoms with Crippen molar-refractivity contribution < 1.29 is 17.5 Å². The maximum absolute atomic E-state index is 12.9. The first kappa shape index (κ1) is 12.5. The zero-order valence-corrected chi connectivity index (χ0v) is 9.34. The molecule has 1 aromatic rings. The summed E-state index contributed by atoms with van der Waals surface area (Å²) in [5, 5.41) is 4.92. The van der Waals surface area contributed by atoms with Gasteiger partial charge >= 0.3 is 0 Å². The maximum atomic E-state index is 12.9. The first-order valence-corrected chi connectivity index (χ1v) is 5.84. The third kappa shape index (κ3) is 3.22. The van der Waals surface area contributed by atoms with Crippen LogP contribution < -0.4 is 9.88 Å². The molecule has 16 heavy (non-hydrogen) atoms. The molecule has 0 radical (unpaired) electrons. The topological polar surface area (TPSA) is 69.4 Å². The summed E-state index contributed by atoms with van der Waals surface area (Å²) in [4.78, 5) is -0.384. The Morgan fingerprint density at radius 3 is 2.75 bits per heavy atom. The molecule has 0 atom stereocenters. The van der Waals surface area contributed by atoms with E-state index in [2.05, 4.69) is 11.8 Å². The fourth-order valence-electron chi connectivity index (χ4n) is 1.01. The van der Waals surface area contributed by atoms with Crippen LogP contribution in [0.25, 0.3) is 0 Å². The van der Waals surface area contributed by atoms with Gasteiger partial charge in [-0.3, -0.25) is 0 Å². The molecular weight excluding hydrogens is 233 g/mol. The first-order chi connectivity index (χ1) is 7.45. The largest absolute Gasteiger partial charge is 0.480 e. The van der Waals surface area contributed by atoms with E-state index in [0.29, 0.717) is 0 Å². The number of benzene rings is 1. The SMILES string of the molecule is CC#CCOc1ccc(F)cc1S(N)(=O)=O. The predicted octanol–water partition coefficient (Wildman–Crippen LogP) is 0.875. The summed E-state index contributed by atoms with van der Waals surface area (Å²) in [7, 11) is -4.01. The zero-order chi connectivity index (χ0) is 12.2. The van der Waals surface area contributed by atoms with Gasteiger partial charge < -0.3 is 4.74 Å². The van der Waals surface area contributed by atoms with Gasteiger partial charge in [0.15, 0.2) is 0 Å². The van der Waals surface area contributed by atoms with Crippen molar-refractivity contribution in [2.75, 3.05) is 6.61 Å². The fourth-order valence-corrected chi connectivity index (χ4v) is 1.69. The Hall–Kier alpha value is -1.58. The lowest BCUT2D eigenvalue weighted by Gasteiger charge is -2.07. The van der Waals surface area contributed by atoms with E-state index in [1.165, 1.54) is 6.07 Å². The standard InChI is InChI=1S/C10H10FNO3S/c1-2-3-6-15-9-5-4-8(11)7-10(9)16(12,13)14/h4-5,7H,6H2,1H3,(H2,12,13,14). The molecule has 0 aliphatic rings. The van der Waals surface area contributed by atoms with Crippen LogP contribution in [-0.2, 0) is 10.0 Å². The van der Waals surface area contributed by atoms with Crippen LogP contribution in [-0.4, -0.2) is 15.0 Å². The van der Waals surface area contributed by atoms with Gasteiger partial charge in [-0.15, -0.1) is 5.92 Å². The van der Waals surface area contributed by atoms with Crippen LogP contribution in [0.3, 0.4) is 0 Å². The van der Waals surface area contributed by atoms with Gasteiger partial charge in [-0.2, -0.15) is 0 Å². The summed E-state index contributed by atoms with van der Waals surface area (Å²) in [6, 6.07) is 3.10. The molecule has 0 heterocycles. The molecule has 0 unspecified atom stereocenters. The van der Waals surface area contributed by atoms with Crippen molar-refractivity contribution in [3.8, 4) is 17.6 Å². The van der Waals surface area contributed by atoms with Crippen molar-refractivity contribution in [1.82, 2.24) is 0 Å². The second kappa shape index (κ2) is 4.96. The van der Waals surface area contributed by atoms with E-state index >= 15 is 0 Å². The van der Waals surface area contributed by atoms with Gasteiger partial charge in [-0.1, -0.05) is 5.92 Å². The minimum Gasteiger partial charge on any atom is -0.480 e. The minimum absolute atomic E-state index is 0.00773. The van der Waals surface area contributed by atoms with E-state index in [1.54, 1.807) is 6.92 Å². The molecule has 0 bridgehead atoms. The number of primary sulfonamides is 1. The second-order valence-corrected chi connectivity index (χ2v) is 4.38. The molecule has 6 heteroatoms. The van der Waals surface area contributed by atoms with Crippen molar-refractivity contribution in [3.05, 3.63) is 24.0 Å². The highest BCUT2D eigenvalue weighted by Gasteiger charge is 2.15. The number of nitrogens with two attached hydrogens (primary N) is 1. The van der Waals surface area contributed by atoms with E-state index in [9.17, 15) is 12.8 Å². The quantitative estimate of drug-likeness (QED) is 0.801. The molecule has 86 valence electrons. The maximum Gasteiger partial charge on any atom is 0.241 e. The van der Waals surface area contributed by atoms with Crippen LogP contribution in [0, 0.1) is 17.7 Å². The van der Waals surface area contributed by atoms with Crippen LogP contribution in [0.15, 0.2) is 23.1 Å². The van der Waals surface area contributed by atoms with Gasteiger partial charge in [0.1, 0.15) is 23.1 Å². The smallest absolute Gasteiger partial charge is 0.241 e. The van der Waals surface area contributed by atoms with Crippen molar-refractivity contribution in [2.24, 2.45) is 5.14 Å². The highest BCUT2D eigenvalue weighted by Crippen LogP contribution is 2.23. The van der Waals surface area contributed by atoms with Crippen LogP contribution in [0.1, 0.15) is 6.92 Å². The summed E-state index contributed by atoms with van der Waals surface area (Å²) in [5.74, 6) is 4.46. The van der Waals surface area contributed by atoms with Crippen molar-refractivity contribution >= 4 is 10.0 Å². The first-order valence-electron chi connectivity index (χ1n) is 4.30. The number of halogens is 1. The van der Waals surface area contributed by atoms with E-state index < -0.39 is 15.8 Å². The number of hydrogen-bond acceptors (Lipinski definition) is 3. The van der Waals surface area contributed by atoms with Gasteiger partial charge in [-0.05, 0) is 25.1 Å². The molecule has 0 spiro atoms. The summed E-state index contributed by atoms with van der Waals surface area (Å²) >= 11 is 0. The molecule has 0 saturated heterocycles. The monoisotopic (exact) mass is 243 g/mol. The molecule has 0 amide bonds. The van der Waals surface area contributed by atoms with Crippen LogP contribution in [0.2, 0.25) is 0 Å². The van der Waals surface area contributed by atoms with E-state index in [-0.39, 0.29) is 17.3 Å². The summed E-state index contributed by atoms with van der Waals surface area (Å²) in [5.41, 5.74) is 0. The third-order valence-corrected chi connectivity index (χ3v) is 2.62. The second-order valence-electron chi connectivity index (χ2n) is 2.85. The lowest BCUT2D eigenvalue weighted by molar-refractivity contribution is 0.359. The Balaban J connectivity index is 3.12. The average molecular weight is 243 g/mol. The molecule has 0 aliphatic carbocycles. The fraction of sp³-hybridized carbons (Fsp3) is 0.200. The van der Waals surface area contributed by atoms with E-state index in [1.807, 2.05) is 0 Å². The van der Waals surface area contributed by atoms with Gasteiger partial charge in [0.05, 0.1) is 0 Å². The predicted molar refractivity (Wildman–Crippen MR) is 56.7 cm³/mol. The van der Waals surface area contributed by atoms with Crippen LogP contribution in [0.5, 0.6) is 5.75 Å². The van der Waals surface area contributed by atoms with E-state index in [0.717, 1.165) is 12.1 Å². The van der Waals surface area contributed by atoms with Gasteiger partial charge in [0.25, 0.3) is 0 Å². The summed E-state index contributed by atoms with van der Waals surface area (Å²) in [6.07, 6.45) is 0.